The van der Waals surface area contributed by atoms with Gasteiger partial charge in [0.2, 0.25) is 11.8 Å². The molecule has 108 valence electrons. The van der Waals surface area contributed by atoms with Crippen molar-refractivity contribution < 1.29 is 14.4 Å². The van der Waals surface area contributed by atoms with Gasteiger partial charge in [0, 0.05) is 5.69 Å². The van der Waals surface area contributed by atoms with Gasteiger partial charge in [-0.2, -0.15) is 0 Å². The third-order valence-electron chi connectivity index (χ3n) is 2.52. The molecule has 0 unspecified atom stereocenters. The lowest BCUT2D eigenvalue weighted by Crippen LogP contribution is -2.36. The van der Waals surface area contributed by atoms with Gasteiger partial charge >= 0.3 is 6.03 Å². The van der Waals surface area contributed by atoms with Gasteiger partial charge in [-0.3, -0.25) is 14.9 Å². The molecule has 0 aliphatic rings. The molecule has 0 radical (unpaired) electrons. The first kappa shape index (κ1) is 16.0. The molecule has 1 rings (SSSR count). The number of aryl methyl sites for hydroxylation is 2. The highest BCUT2D eigenvalue weighted by Gasteiger charge is 2.07. The first-order valence-corrected chi connectivity index (χ1v) is 7.08. The minimum absolute atomic E-state index is 0.00326. The van der Waals surface area contributed by atoms with E-state index in [1.807, 2.05) is 37.4 Å². The number of benzene rings is 1. The molecule has 0 spiro atoms. The zero-order valence-electron chi connectivity index (χ0n) is 11.4. The van der Waals surface area contributed by atoms with E-state index in [0.717, 1.165) is 28.6 Å². The predicted molar refractivity (Wildman–Crippen MR) is 79.6 cm³/mol. The Bertz CT molecular complexity index is 532. The number of amides is 4. The molecule has 0 saturated carbocycles. The van der Waals surface area contributed by atoms with E-state index in [1.54, 1.807) is 0 Å². The van der Waals surface area contributed by atoms with Crippen molar-refractivity contribution in [2.75, 3.05) is 16.8 Å². The van der Waals surface area contributed by atoms with Gasteiger partial charge in [0.15, 0.2) is 0 Å². The van der Waals surface area contributed by atoms with Gasteiger partial charge in [-0.15, -0.1) is 11.8 Å². The number of nitrogens with two attached hydrogens (primary N) is 1. The van der Waals surface area contributed by atoms with Crippen molar-refractivity contribution in [2.24, 2.45) is 5.73 Å². The Balaban J connectivity index is 2.35. The Kier molecular flexibility index (Phi) is 6.05. The second-order valence-electron chi connectivity index (χ2n) is 4.25. The number of rotatable bonds is 5. The highest BCUT2D eigenvalue weighted by molar-refractivity contribution is 8.00. The minimum Gasteiger partial charge on any atom is -0.351 e. The van der Waals surface area contributed by atoms with Crippen molar-refractivity contribution in [3.8, 4) is 0 Å². The number of nitrogens with one attached hydrogen (secondary N) is 2. The summed E-state index contributed by atoms with van der Waals surface area (Å²) in [5, 5.41) is 4.67. The van der Waals surface area contributed by atoms with E-state index in [1.165, 1.54) is 0 Å². The normalized spacial score (nSPS) is 9.90. The molecule has 4 N–H and O–H groups in total. The van der Waals surface area contributed by atoms with Gasteiger partial charge in [0.25, 0.3) is 0 Å². The number of hydrogen-bond donors (Lipinski definition) is 3. The van der Waals surface area contributed by atoms with Crippen LogP contribution in [0.5, 0.6) is 0 Å². The zero-order chi connectivity index (χ0) is 15.1. The molecular weight excluding hydrogens is 278 g/mol. The van der Waals surface area contributed by atoms with E-state index in [9.17, 15) is 14.4 Å². The summed E-state index contributed by atoms with van der Waals surface area (Å²) < 4.78 is 0. The number of thioether (sulfide) groups is 1. The molecule has 0 heterocycles. The summed E-state index contributed by atoms with van der Waals surface area (Å²) in [6, 6.07) is 4.75. The Morgan fingerprint density at radius 3 is 2.35 bits per heavy atom. The van der Waals surface area contributed by atoms with Crippen molar-refractivity contribution in [3.63, 3.8) is 0 Å². The van der Waals surface area contributed by atoms with Crippen LogP contribution >= 0.6 is 11.8 Å². The number of urea groups is 1. The first-order chi connectivity index (χ1) is 9.38. The lowest BCUT2D eigenvalue weighted by Gasteiger charge is -2.07. The van der Waals surface area contributed by atoms with Gasteiger partial charge in [-0.05, 0) is 37.1 Å². The van der Waals surface area contributed by atoms with E-state index in [4.69, 9.17) is 5.73 Å². The van der Waals surface area contributed by atoms with Gasteiger partial charge in [-0.1, -0.05) is 6.07 Å². The van der Waals surface area contributed by atoms with E-state index < -0.39 is 11.9 Å². The van der Waals surface area contributed by atoms with Gasteiger partial charge in [0.05, 0.1) is 11.5 Å². The number of hydrogen-bond acceptors (Lipinski definition) is 4. The summed E-state index contributed by atoms with van der Waals surface area (Å²) in [7, 11) is 0. The quantitative estimate of drug-likeness (QED) is 0.759. The number of carbonyl (C=O) groups is 3. The SMILES string of the molecule is Cc1ccc(NC(=O)CSCC(=O)NC(N)=O)cc1C. The fraction of sp³-hybridized carbons (Fsp3) is 0.308. The Morgan fingerprint density at radius 2 is 1.75 bits per heavy atom. The zero-order valence-corrected chi connectivity index (χ0v) is 12.2. The average molecular weight is 295 g/mol. The Hall–Kier alpha value is -2.02. The molecule has 1 aromatic rings. The third-order valence-corrected chi connectivity index (χ3v) is 3.45. The van der Waals surface area contributed by atoms with Crippen LogP contribution in [0.15, 0.2) is 18.2 Å². The van der Waals surface area contributed by atoms with E-state index in [-0.39, 0.29) is 17.4 Å². The predicted octanol–water partition coefficient (Wildman–Crippen LogP) is 1.17. The summed E-state index contributed by atoms with van der Waals surface area (Å²) in [4.78, 5) is 33.2. The average Bonchev–Trinajstić information content (AvgIpc) is 2.33. The summed E-state index contributed by atoms with van der Waals surface area (Å²) in [5.41, 5.74) is 7.76. The van der Waals surface area contributed by atoms with Gasteiger partial charge < -0.3 is 11.1 Å². The van der Waals surface area contributed by atoms with Crippen molar-refractivity contribution in [1.82, 2.24) is 5.32 Å². The maximum atomic E-state index is 11.7. The topological polar surface area (TPSA) is 101 Å². The van der Waals surface area contributed by atoms with E-state index in [0.29, 0.717) is 0 Å². The van der Waals surface area contributed by atoms with E-state index >= 15 is 0 Å². The molecule has 0 aromatic heterocycles. The molecule has 0 atom stereocenters. The van der Waals surface area contributed by atoms with Crippen LogP contribution in [-0.4, -0.2) is 29.4 Å². The van der Waals surface area contributed by atoms with Crippen LogP contribution in [0, 0.1) is 13.8 Å². The monoisotopic (exact) mass is 295 g/mol. The highest BCUT2D eigenvalue weighted by Crippen LogP contribution is 2.14. The molecule has 6 nitrogen and oxygen atoms in total. The van der Waals surface area contributed by atoms with Crippen molar-refractivity contribution >= 4 is 35.3 Å². The van der Waals surface area contributed by atoms with E-state index in [2.05, 4.69) is 5.32 Å². The van der Waals surface area contributed by atoms with Crippen LogP contribution < -0.4 is 16.4 Å². The molecule has 0 fully saturated rings. The lowest BCUT2D eigenvalue weighted by molar-refractivity contribution is -0.117. The van der Waals surface area contributed by atoms with Crippen molar-refractivity contribution in [3.05, 3.63) is 29.3 Å². The number of primary amides is 1. The summed E-state index contributed by atoms with van der Waals surface area (Å²) in [6.45, 7) is 3.96. The smallest absolute Gasteiger partial charge is 0.318 e. The molecule has 0 aliphatic carbocycles. The van der Waals surface area contributed by atoms with Crippen molar-refractivity contribution in [2.45, 2.75) is 13.8 Å². The minimum atomic E-state index is -0.893. The largest absolute Gasteiger partial charge is 0.351 e. The van der Waals surface area contributed by atoms with Crippen LogP contribution in [0.2, 0.25) is 0 Å². The number of anilines is 1. The Labute approximate surface area is 121 Å². The maximum absolute atomic E-state index is 11.7. The molecule has 1 aromatic carbocycles. The summed E-state index contributed by atoms with van der Waals surface area (Å²) in [5.74, 6) is -0.589. The molecule has 0 aliphatic heterocycles. The highest BCUT2D eigenvalue weighted by atomic mass is 32.2. The lowest BCUT2D eigenvalue weighted by atomic mass is 10.1. The maximum Gasteiger partial charge on any atom is 0.318 e. The fourth-order valence-corrected chi connectivity index (χ4v) is 2.04. The number of imide groups is 1. The van der Waals surface area contributed by atoms with Gasteiger partial charge in [-0.25, -0.2) is 4.79 Å². The first-order valence-electron chi connectivity index (χ1n) is 5.92. The molecule has 7 heteroatoms. The third kappa shape index (κ3) is 5.75. The summed E-state index contributed by atoms with van der Waals surface area (Å²) >= 11 is 1.11. The second-order valence-corrected chi connectivity index (χ2v) is 5.24. The van der Waals surface area contributed by atoms with Crippen LogP contribution in [0.3, 0.4) is 0 Å². The fourth-order valence-electron chi connectivity index (χ4n) is 1.43. The standard InChI is InChI=1S/C13H17N3O3S/c1-8-3-4-10(5-9(8)2)15-11(17)6-20-7-12(18)16-13(14)19/h3-5H,6-7H2,1-2H3,(H,15,17)(H3,14,16,18,19). The Morgan fingerprint density at radius 1 is 1.10 bits per heavy atom. The molecule has 0 bridgehead atoms. The molecule has 20 heavy (non-hydrogen) atoms. The van der Waals surface area contributed by atoms with Crippen LogP contribution in [0.1, 0.15) is 11.1 Å². The van der Waals surface area contributed by atoms with Crippen LogP contribution in [-0.2, 0) is 9.59 Å². The number of carbonyl (C=O) groups excluding carboxylic acids is 3. The van der Waals surface area contributed by atoms with Crippen LogP contribution in [0.25, 0.3) is 0 Å². The molecule has 4 amide bonds. The molecule has 0 saturated heterocycles. The summed E-state index contributed by atoms with van der Waals surface area (Å²) in [6.07, 6.45) is 0. The van der Waals surface area contributed by atoms with Gasteiger partial charge in [0.1, 0.15) is 0 Å². The van der Waals surface area contributed by atoms with Crippen LogP contribution in [0.4, 0.5) is 10.5 Å². The second kappa shape index (κ2) is 7.54. The molecular formula is C13H17N3O3S. The van der Waals surface area contributed by atoms with Crippen molar-refractivity contribution in [1.29, 1.82) is 0 Å².